The van der Waals surface area contributed by atoms with Crippen LogP contribution in [0.4, 0.5) is 5.69 Å². The van der Waals surface area contributed by atoms with Gasteiger partial charge in [-0.1, -0.05) is 48.1 Å². The Bertz CT molecular complexity index is 560. The van der Waals surface area contributed by atoms with Crippen molar-refractivity contribution in [2.24, 2.45) is 4.99 Å². The summed E-state index contributed by atoms with van der Waals surface area (Å²) in [7, 11) is 0. The quantitative estimate of drug-likeness (QED) is 0.584. The van der Waals surface area contributed by atoms with Crippen LogP contribution in [0.15, 0.2) is 29.5 Å². The second kappa shape index (κ2) is 6.15. The summed E-state index contributed by atoms with van der Waals surface area (Å²) in [6.45, 7) is 20.4. The van der Waals surface area contributed by atoms with Crippen LogP contribution >= 0.6 is 0 Å². The molecular weight excluding hydrogens is 272 g/mol. The van der Waals surface area contributed by atoms with E-state index >= 15 is 0 Å². The molecule has 1 rings (SSSR count). The lowest BCUT2D eigenvalue weighted by molar-refractivity contribution is 0.423. The highest BCUT2D eigenvalue weighted by Crippen LogP contribution is 2.41. The average Bonchev–Trinajstić information content (AvgIpc) is 2.26. The molecule has 1 aromatic rings. The first-order valence-corrected chi connectivity index (χ1v) is 7.68. The molecule has 0 saturated heterocycles. The molecule has 3 heteroatoms. The van der Waals surface area contributed by atoms with E-state index in [0.29, 0.717) is 11.6 Å². The minimum Gasteiger partial charge on any atom is -0.507 e. The van der Waals surface area contributed by atoms with Gasteiger partial charge in [0.15, 0.2) is 0 Å². The maximum atomic E-state index is 10.7. The van der Waals surface area contributed by atoms with Crippen molar-refractivity contribution < 1.29 is 5.11 Å². The smallest absolute Gasteiger partial charge is 0.123 e. The number of aliphatic imine (C=N–C) groups is 1. The van der Waals surface area contributed by atoms with Crippen LogP contribution in [0, 0.1) is 0 Å². The fourth-order valence-corrected chi connectivity index (χ4v) is 2.31. The summed E-state index contributed by atoms with van der Waals surface area (Å²) in [5.74, 6) is 0.983. The number of hydrogen-bond acceptors (Lipinski definition) is 3. The number of phenolic OH excluding ortho intramolecular Hbond substituents is 1. The van der Waals surface area contributed by atoms with E-state index in [0.717, 1.165) is 22.5 Å². The number of phenols is 1. The first kappa shape index (κ1) is 18.3. The molecule has 0 bridgehead atoms. The van der Waals surface area contributed by atoms with Crippen molar-refractivity contribution in [1.82, 2.24) is 0 Å². The molecule has 0 atom stereocenters. The van der Waals surface area contributed by atoms with Gasteiger partial charge in [-0.3, -0.25) is 0 Å². The Morgan fingerprint density at radius 3 is 1.73 bits per heavy atom. The number of nitrogens with one attached hydrogen (secondary N) is 1. The summed E-state index contributed by atoms with van der Waals surface area (Å²) in [6, 6.07) is 3.96. The third-order valence-corrected chi connectivity index (χ3v) is 3.37. The molecule has 0 heterocycles. The van der Waals surface area contributed by atoms with Crippen molar-refractivity contribution in [3.05, 3.63) is 35.7 Å². The lowest BCUT2D eigenvalue weighted by Gasteiger charge is -2.28. The van der Waals surface area contributed by atoms with Gasteiger partial charge in [0.2, 0.25) is 0 Å². The van der Waals surface area contributed by atoms with Crippen LogP contribution in [-0.4, -0.2) is 10.8 Å². The summed E-state index contributed by atoms with van der Waals surface area (Å²) in [6.07, 6.45) is 0. The third-order valence-electron chi connectivity index (χ3n) is 3.37. The third kappa shape index (κ3) is 4.62. The molecule has 122 valence electrons. The van der Waals surface area contributed by atoms with Gasteiger partial charge in [0.05, 0.1) is 0 Å². The maximum absolute atomic E-state index is 10.7. The molecule has 0 aliphatic heterocycles. The summed E-state index contributed by atoms with van der Waals surface area (Å²) < 4.78 is 0. The summed E-state index contributed by atoms with van der Waals surface area (Å²) in [5.41, 5.74) is 3.41. The van der Waals surface area contributed by atoms with Gasteiger partial charge in [-0.05, 0) is 36.8 Å². The molecule has 3 nitrogen and oxygen atoms in total. The molecule has 22 heavy (non-hydrogen) atoms. The Hall–Kier alpha value is -1.77. The van der Waals surface area contributed by atoms with Crippen LogP contribution in [0.1, 0.15) is 66.5 Å². The van der Waals surface area contributed by atoms with Crippen LogP contribution in [0.5, 0.6) is 5.75 Å². The van der Waals surface area contributed by atoms with E-state index in [-0.39, 0.29) is 10.8 Å². The molecule has 0 aliphatic carbocycles. The summed E-state index contributed by atoms with van der Waals surface area (Å²) in [5, 5.41) is 13.9. The normalized spacial score (nSPS) is 12.0. The number of hydrogen-bond donors (Lipinski definition) is 2. The molecule has 0 saturated carbocycles. The Labute approximate surface area is 135 Å². The Morgan fingerprint density at radius 1 is 1.00 bits per heavy atom. The highest BCUT2D eigenvalue weighted by molar-refractivity contribution is 5.80. The number of anilines is 1. The Kier molecular flexibility index (Phi) is 5.11. The Morgan fingerprint density at radius 2 is 1.41 bits per heavy atom. The fourth-order valence-electron chi connectivity index (χ4n) is 2.31. The topological polar surface area (TPSA) is 44.6 Å². The van der Waals surface area contributed by atoms with E-state index < -0.39 is 0 Å². The van der Waals surface area contributed by atoms with E-state index in [1.54, 1.807) is 0 Å². The zero-order valence-electron chi connectivity index (χ0n) is 15.3. The molecular formula is C19H30N2O. The molecule has 0 aliphatic rings. The minimum atomic E-state index is -0.146. The van der Waals surface area contributed by atoms with Crippen LogP contribution in [0.3, 0.4) is 0 Å². The SMILES string of the molecule is C=C(N=C(C)C)Nc1cc(C(C)(C)C)c(O)c(C(C)(C)C)c1. The van der Waals surface area contributed by atoms with Crippen molar-refractivity contribution in [2.75, 3.05) is 5.32 Å². The zero-order chi connectivity index (χ0) is 17.3. The summed E-state index contributed by atoms with van der Waals surface area (Å²) >= 11 is 0. The van der Waals surface area contributed by atoms with Crippen LogP contribution in [0.2, 0.25) is 0 Å². The molecule has 0 aromatic heterocycles. The van der Waals surface area contributed by atoms with E-state index in [9.17, 15) is 5.11 Å². The Balaban J connectivity index is 3.42. The van der Waals surface area contributed by atoms with Crippen molar-refractivity contribution in [2.45, 2.75) is 66.2 Å². The lowest BCUT2D eigenvalue weighted by Crippen LogP contribution is -2.18. The largest absolute Gasteiger partial charge is 0.507 e. The maximum Gasteiger partial charge on any atom is 0.123 e. The minimum absolute atomic E-state index is 0.146. The zero-order valence-corrected chi connectivity index (χ0v) is 15.3. The molecule has 0 fully saturated rings. The van der Waals surface area contributed by atoms with E-state index in [2.05, 4.69) is 58.4 Å². The molecule has 1 aromatic carbocycles. The van der Waals surface area contributed by atoms with Crippen molar-refractivity contribution in [3.8, 4) is 5.75 Å². The molecule has 0 spiro atoms. The lowest BCUT2D eigenvalue weighted by atomic mass is 9.79. The van der Waals surface area contributed by atoms with Gasteiger partial charge in [0.1, 0.15) is 11.6 Å². The summed E-state index contributed by atoms with van der Waals surface area (Å²) in [4.78, 5) is 4.33. The number of rotatable bonds is 3. The molecule has 0 radical (unpaired) electrons. The van der Waals surface area contributed by atoms with Gasteiger partial charge in [-0.2, -0.15) is 0 Å². The van der Waals surface area contributed by atoms with Crippen LogP contribution < -0.4 is 5.32 Å². The van der Waals surface area contributed by atoms with Gasteiger partial charge in [0, 0.05) is 22.5 Å². The monoisotopic (exact) mass is 302 g/mol. The average molecular weight is 302 g/mol. The molecule has 0 amide bonds. The second-order valence-corrected chi connectivity index (χ2v) is 8.05. The van der Waals surface area contributed by atoms with Crippen LogP contribution in [-0.2, 0) is 10.8 Å². The first-order chi connectivity index (χ1) is 9.82. The predicted molar refractivity (Wildman–Crippen MR) is 97.1 cm³/mol. The number of nitrogens with zero attached hydrogens (tertiary/aromatic N) is 1. The molecule has 2 N–H and O–H groups in total. The van der Waals surface area contributed by atoms with Gasteiger partial charge >= 0.3 is 0 Å². The van der Waals surface area contributed by atoms with Crippen LogP contribution in [0.25, 0.3) is 0 Å². The van der Waals surface area contributed by atoms with Gasteiger partial charge in [-0.15, -0.1) is 0 Å². The van der Waals surface area contributed by atoms with Gasteiger partial charge in [0.25, 0.3) is 0 Å². The van der Waals surface area contributed by atoms with E-state index in [1.807, 2.05) is 26.0 Å². The van der Waals surface area contributed by atoms with E-state index in [1.165, 1.54) is 0 Å². The van der Waals surface area contributed by atoms with Gasteiger partial charge in [-0.25, -0.2) is 4.99 Å². The second-order valence-electron chi connectivity index (χ2n) is 8.05. The number of aromatic hydroxyl groups is 1. The molecule has 0 unspecified atom stereocenters. The highest BCUT2D eigenvalue weighted by atomic mass is 16.3. The highest BCUT2D eigenvalue weighted by Gasteiger charge is 2.26. The van der Waals surface area contributed by atoms with E-state index in [4.69, 9.17) is 0 Å². The van der Waals surface area contributed by atoms with Gasteiger partial charge < -0.3 is 10.4 Å². The van der Waals surface area contributed by atoms with Crippen molar-refractivity contribution in [1.29, 1.82) is 0 Å². The first-order valence-electron chi connectivity index (χ1n) is 7.68. The number of benzene rings is 1. The predicted octanol–water partition coefficient (Wildman–Crippen LogP) is 5.35. The van der Waals surface area contributed by atoms with Crippen molar-refractivity contribution >= 4 is 11.4 Å². The van der Waals surface area contributed by atoms with Crippen molar-refractivity contribution in [3.63, 3.8) is 0 Å². The standard InChI is InChI=1S/C19H30N2O/c1-12(2)20-13(3)21-14-10-15(18(4,5)6)17(22)16(11-14)19(7,8)9/h10-11,21-22H,3H2,1-2,4-9H3. The fraction of sp³-hybridized carbons (Fsp3) is 0.526.